The number of amides is 1. The van der Waals surface area contributed by atoms with Gasteiger partial charge in [-0.3, -0.25) is 14.5 Å². The molecule has 0 fully saturated rings. The molecule has 6 nitrogen and oxygen atoms in total. The molecule has 1 atom stereocenters. The van der Waals surface area contributed by atoms with Crippen LogP contribution >= 0.6 is 0 Å². The number of fused-ring (bicyclic) bond motifs is 1. The maximum atomic E-state index is 13.8. The molecule has 0 saturated carbocycles. The Bertz CT molecular complexity index is 1030. The molecule has 0 spiro atoms. The number of nitrogens with one attached hydrogen (secondary N) is 2. The fraction of sp³-hybridized carbons (Fsp3) is 0.300. The van der Waals surface area contributed by atoms with Gasteiger partial charge in [0, 0.05) is 11.3 Å². The van der Waals surface area contributed by atoms with E-state index in [2.05, 4.69) is 15.0 Å². The predicted molar refractivity (Wildman–Crippen MR) is 106 cm³/mol. The van der Waals surface area contributed by atoms with Crippen molar-refractivity contribution in [3.8, 4) is 0 Å². The molecule has 0 bridgehead atoms. The van der Waals surface area contributed by atoms with Crippen molar-refractivity contribution < 1.29 is 17.6 Å². The van der Waals surface area contributed by atoms with Gasteiger partial charge in [-0.05, 0) is 43.2 Å². The molecule has 8 heteroatoms. The van der Waals surface area contributed by atoms with Crippen LogP contribution in [-0.4, -0.2) is 26.2 Å². The third-order valence-corrected chi connectivity index (χ3v) is 5.92. The number of carbonyl (C=O) groups is 1. The van der Waals surface area contributed by atoms with E-state index in [1.54, 1.807) is 37.3 Å². The molecule has 0 aliphatic carbocycles. The first-order chi connectivity index (χ1) is 13.3. The molecular weight excluding hydrogens is 381 g/mol. The van der Waals surface area contributed by atoms with Gasteiger partial charge in [0.15, 0.2) is 0 Å². The van der Waals surface area contributed by atoms with Crippen LogP contribution in [0.4, 0.5) is 10.1 Å². The minimum absolute atomic E-state index is 0.143. The normalized spacial score (nSPS) is 17.0. The van der Waals surface area contributed by atoms with Crippen molar-refractivity contribution in [3.63, 3.8) is 0 Å². The first kappa shape index (κ1) is 20.0. The number of anilines is 1. The fourth-order valence-corrected chi connectivity index (χ4v) is 4.17. The molecule has 0 saturated heterocycles. The van der Waals surface area contributed by atoms with Gasteiger partial charge in [0.05, 0.1) is 4.90 Å². The highest BCUT2D eigenvalue weighted by Crippen LogP contribution is 2.23. The maximum Gasteiger partial charge on any atom is 0.263 e. The lowest BCUT2D eigenvalue weighted by molar-refractivity contribution is -0.117. The topological polar surface area (TPSA) is 87.6 Å². The lowest BCUT2D eigenvalue weighted by atomic mass is 10.1. The number of amidine groups is 1. The molecule has 0 aromatic heterocycles. The summed E-state index contributed by atoms with van der Waals surface area (Å²) in [5.74, 6) is -0.665. The van der Waals surface area contributed by atoms with Crippen molar-refractivity contribution in [3.05, 3.63) is 59.4 Å². The molecule has 148 valence electrons. The summed E-state index contributed by atoms with van der Waals surface area (Å²) in [7, 11) is -3.68. The van der Waals surface area contributed by atoms with Gasteiger partial charge in [-0.2, -0.15) is 0 Å². The Balaban J connectivity index is 1.89. The first-order valence-corrected chi connectivity index (χ1v) is 10.6. The van der Waals surface area contributed by atoms with E-state index in [4.69, 9.17) is 0 Å². The monoisotopic (exact) mass is 403 g/mol. The average Bonchev–Trinajstić information content (AvgIpc) is 2.92. The quantitative estimate of drug-likeness (QED) is 0.775. The molecule has 2 N–H and O–H groups in total. The zero-order valence-corrected chi connectivity index (χ0v) is 16.5. The zero-order valence-electron chi connectivity index (χ0n) is 15.7. The van der Waals surface area contributed by atoms with E-state index in [1.807, 2.05) is 6.92 Å². The maximum absolute atomic E-state index is 13.8. The second kappa shape index (κ2) is 8.10. The highest BCUT2D eigenvalue weighted by atomic mass is 32.2. The van der Waals surface area contributed by atoms with Crippen molar-refractivity contribution >= 4 is 27.5 Å². The standard InChI is InChI=1S/C20H22FN3O3S/c1-3-4-8-17(20(25)22-14-11-10-13(2)16(21)12-14)23-19-15-7-5-6-9-18(15)28(26,27)24-19/h5-7,9-12,17H,3-4,8H2,1-2H3,(H,22,25)(H,23,24). The number of halogens is 1. The molecule has 3 rings (SSSR count). The Morgan fingerprint density at radius 2 is 2.00 bits per heavy atom. The number of carbonyl (C=O) groups excluding carboxylic acids is 1. The molecule has 0 radical (unpaired) electrons. The third-order valence-electron chi connectivity index (χ3n) is 4.52. The van der Waals surface area contributed by atoms with Crippen molar-refractivity contribution in [2.24, 2.45) is 4.99 Å². The summed E-state index contributed by atoms with van der Waals surface area (Å²) < 4.78 is 40.7. The lowest BCUT2D eigenvalue weighted by Crippen LogP contribution is -2.30. The Hall–Kier alpha value is -2.74. The van der Waals surface area contributed by atoms with Crippen LogP contribution in [0.1, 0.15) is 37.3 Å². The fourth-order valence-electron chi connectivity index (χ4n) is 2.93. The number of nitrogens with zero attached hydrogens (tertiary/aromatic N) is 1. The summed E-state index contributed by atoms with van der Waals surface area (Å²) in [6.45, 7) is 3.63. The molecule has 28 heavy (non-hydrogen) atoms. The summed E-state index contributed by atoms with van der Waals surface area (Å²) in [5, 5.41) is 2.67. The smallest absolute Gasteiger partial charge is 0.263 e. The van der Waals surface area contributed by atoms with E-state index in [-0.39, 0.29) is 10.7 Å². The Labute approximate surface area is 163 Å². The number of hydrogen-bond donors (Lipinski definition) is 2. The van der Waals surface area contributed by atoms with Crippen LogP contribution in [0.25, 0.3) is 0 Å². The van der Waals surface area contributed by atoms with Crippen LogP contribution in [0.15, 0.2) is 52.4 Å². The van der Waals surface area contributed by atoms with Crippen molar-refractivity contribution in [1.29, 1.82) is 0 Å². The van der Waals surface area contributed by atoms with Gasteiger partial charge in [0.2, 0.25) is 5.91 Å². The molecule has 1 aliphatic heterocycles. The van der Waals surface area contributed by atoms with Gasteiger partial charge >= 0.3 is 0 Å². The highest BCUT2D eigenvalue weighted by Gasteiger charge is 2.31. The van der Waals surface area contributed by atoms with Crippen LogP contribution in [0.5, 0.6) is 0 Å². The molecule has 2 aromatic rings. The van der Waals surface area contributed by atoms with Crippen LogP contribution in [0, 0.1) is 12.7 Å². The summed E-state index contributed by atoms with van der Waals surface area (Å²) in [6.07, 6.45) is 2.05. The van der Waals surface area contributed by atoms with Crippen molar-refractivity contribution in [1.82, 2.24) is 4.72 Å². The van der Waals surface area contributed by atoms with Gasteiger partial charge in [0.1, 0.15) is 17.7 Å². The first-order valence-electron chi connectivity index (χ1n) is 9.09. The molecule has 2 aromatic carbocycles. The van der Waals surface area contributed by atoms with Gasteiger partial charge in [0.25, 0.3) is 10.0 Å². The van der Waals surface area contributed by atoms with E-state index >= 15 is 0 Å². The summed E-state index contributed by atoms with van der Waals surface area (Å²) in [4.78, 5) is 17.3. The minimum atomic E-state index is -3.68. The Morgan fingerprint density at radius 1 is 1.25 bits per heavy atom. The molecule has 1 heterocycles. The van der Waals surface area contributed by atoms with Crippen LogP contribution in [0.2, 0.25) is 0 Å². The van der Waals surface area contributed by atoms with E-state index in [0.717, 1.165) is 12.8 Å². The number of unbranched alkanes of at least 4 members (excludes halogenated alkanes) is 1. The van der Waals surface area contributed by atoms with Gasteiger partial charge in [-0.25, -0.2) is 12.8 Å². The van der Waals surface area contributed by atoms with E-state index < -0.39 is 27.8 Å². The van der Waals surface area contributed by atoms with Gasteiger partial charge < -0.3 is 5.32 Å². The SMILES string of the molecule is CCCCC(N=C1NS(=O)(=O)c2ccccc21)C(=O)Nc1ccc(C)c(F)c1. The predicted octanol–water partition coefficient (Wildman–Crippen LogP) is 3.37. The van der Waals surface area contributed by atoms with Gasteiger partial charge in [-0.1, -0.05) is 38.0 Å². The van der Waals surface area contributed by atoms with Crippen molar-refractivity contribution in [2.45, 2.75) is 44.0 Å². The second-order valence-electron chi connectivity index (χ2n) is 6.69. The molecule has 1 amide bonds. The Kier molecular flexibility index (Phi) is 5.79. The zero-order chi connectivity index (χ0) is 20.3. The number of benzene rings is 2. The van der Waals surface area contributed by atoms with Gasteiger partial charge in [-0.15, -0.1) is 0 Å². The summed E-state index contributed by atoms with van der Waals surface area (Å²) >= 11 is 0. The largest absolute Gasteiger partial charge is 0.324 e. The number of aliphatic imine (C=N–C) groups is 1. The molecule has 1 unspecified atom stereocenters. The van der Waals surface area contributed by atoms with E-state index in [9.17, 15) is 17.6 Å². The average molecular weight is 403 g/mol. The highest BCUT2D eigenvalue weighted by molar-refractivity contribution is 7.90. The van der Waals surface area contributed by atoms with Crippen LogP contribution < -0.4 is 10.0 Å². The Morgan fingerprint density at radius 3 is 2.71 bits per heavy atom. The van der Waals surface area contributed by atoms with E-state index in [0.29, 0.717) is 23.2 Å². The van der Waals surface area contributed by atoms with Crippen molar-refractivity contribution in [2.75, 3.05) is 5.32 Å². The number of hydrogen-bond acceptors (Lipinski definition) is 4. The molecular formula is C20H22FN3O3S. The second-order valence-corrected chi connectivity index (χ2v) is 8.34. The van der Waals surface area contributed by atoms with E-state index in [1.165, 1.54) is 12.1 Å². The third kappa shape index (κ3) is 4.22. The lowest BCUT2D eigenvalue weighted by Gasteiger charge is -2.14. The molecule has 1 aliphatic rings. The summed E-state index contributed by atoms with van der Waals surface area (Å²) in [6, 6.07) is 10.2. The number of aryl methyl sites for hydroxylation is 1. The number of sulfonamides is 1. The number of rotatable bonds is 6. The summed E-state index contributed by atoms with van der Waals surface area (Å²) in [5.41, 5.74) is 1.26. The van der Waals surface area contributed by atoms with Crippen LogP contribution in [0.3, 0.4) is 0 Å². The van der Waals surface area contributed by atoms with Crippen LogP contribution in [-0.2, 0) is 14.8 Å². The minimum Gasteiger partial charge on any atom is -0.324 e.